The first-order chi connectivity index (χ1) is 13.6. The highest BCUT2D eigenvalue weighted by Crippen LogP contribution is 2.58. The van der Waals surface area contributed by atoms with Gasteiger partial charge in [0.1, 0.15) is 17.4 Å². The Labute approximate surface area is 171 Å². The van der Waals surface area contributed by atoms with Gasteiger partial charge in [0, 0.05) is 0 Å². The van der Waals surface area contributed by atoms with Crippen molar-refractivity contribution in [3.05, 3.63) is 12.7 Å². The largest absolute Gasteiger partial charge is 0.382 e. The van der Waals surface area contributed by atoms with Gasteiger partial charge in [-0.15, -0.1) is 4.67 Å². The van der Waals surface area contributed by atoms with Gasteiger partial charge in [0.25, 0.3) is 0 Å². The second-order valence-electron chi connectivity index (χ2n) is 8.76. The van der Waals surface area contributed by atoms with Crippen molar-refractivity contribution in [3.8, 4) is 0 Å². The average Bonchev–Trinajstić information content (AvgIpc) is 3.12. The van der Waals surface area contributed by atoms with Crippen molar-refractivity contribution in [3.63, 3.8) is 0 Å². The first-order valence-corrected chi connectivity index (χ1v) is 11.9. The lowest BCUT2D eigenvalue weighted by Gasteiger charge is -2.29. The molecule has 29 heavy (non-hydrogen) atoms. The summed E-state index contributed by atoms with van der Waals surface area (Å²) in [7, 11) is -3.96. The predicted molar refractivity (Wildman–Crippen MR) is 111 cm³/mol. The van der Waals surface area contributed by atoms with E-state index in [1.807, 2.05) is 32.3 Å². The zero-order valence-electron chi connectivity index (χ0n) is 17.8. The summed E-state index contributed by atoms with van der Waals surface area (Å²) in [6, 6.07) is 0. The van der Waals surface area contributed by atoms with Crippen molar-refractivity contribution < 1.29 is 19.0 Å². The topological polar surface area (TPSA) is 125 Å². The number of hydrogen-bond donors (Lipinski definition) is 2. The van der Waals surface area contributed by atoms with Crippen LogP contribution in [0.4, 0.5) is 5.82 Å². The van der Waals surface area contributed by atoms with Gasteiger partial charge in [-0.3, -0.25) is 4.57 Å². The molecule has 3 rings (SSSR count). The maximum atomic E-state index is 12.9. The standard InChI is InChI=1S/C19H32N5O4P/c1-6-7-14-8-19(14,27-28-29(25,26)16(12(2)3)13(4)5)9-24-11-23-15-17(20)21-10-22-18(15)24/h10-14,16H,6-9H2,1-5H3,(H,25,26)(H2,20,21,22)/t14-,19+/m1/s1. The van der Waals surface area contributed by atoms with Gasteiger partial charge in [0.2, 0.25) is 0 Å². The fraction of sp³-hybridized carbons (Fsp3) is 0.737. The van der Waals surface area contributed by atoms with Gasteiger partial charge in [-0.2, -0.15) is 0 Å². The maximum absolute atomic E-state index is 12.9. The number of aromatic nitrogens is 4. The van der Waals surface area contributed by atoms with Crippen LogP contribution in [0.3, 0.4) is 0 Å². The SMILES string of the molecule is CCC[C@@H]1C[C@@]1(Cn1cnc2c(N)ncnc21)OOP(=O)(O)C(C(C)C)C(C)C. The summed E-state index contributed by atoms with van der Waals surface area (Å²) in [6.07, 6.45) is 5.72. The molecule has 3 atom stereocenters. The smallest absolute Gasteiger partial charge is 0.359 e. The third-order valence-corrected chi connectivity index (χ3v) is 7.97. The van der Waals surface area contributed by atoms with E-state index in [0.717, 1.165) is 19.3 Å². The molecule has 1 unspecified atom stereocenters. The lowest BCUT2D eigenvalue weighted by atomic mass is 10.00. The molecule has 0 saturated heterocycles. The summed E-state index contributed by atoms with van der Waals surface area (Å²) in [4.78, 5) is 28.9. The zero-order valence-corrected chi connectivity index (χ0v) is 18.7. The fourth-order valence-corrected chi connectivity index (χ4v) is 6.26. The van der Waals surface area contributed by atoms with Gasteiger partial charge in [0.15, 0.2) is 11.5 Å². The van der Waals surface area contributed by atoms with E-state index in [9.17, 15) is 9.46 Å². The Morgan fingerprint density at radius 2 is 2.00 bits per heavy atom. The van der Waals surface area contributed by atoms with E-state index in [0.29, 0.717) is 23.5 Å². The average molecular weight is 425 g/mol. The van der Waals surface area contributed by atoms with Crippen molar-refractivity contribution in [1.82, 2.24) is 19.5 Å². The van der Waals surface area contributed by atoms with Gasteiger partial charge >= 0.3 is 7.60 Å². The lowest BCUT2D eigenvalue weighted by Crippen LogP contribution is -2.28. The number of nitrogen functional groups attached to an aromatic ring is 1. The highest BCUT2D eigenvalue weighted by atomic mass is 31.2. The van der Waals surface area contributed by atoms with E-state index in [4.69, 9.17) is 15.3 Å². The van der Waals surface area contributed by atoms with Crippen molar-refractivity contribution in [2.75, 3.05) is 5.73 Å². The molecule has 0 aromatic carbocycles. The first kappa shape index (κ1) is 22.2. The summed E-state index contributed by atoms with van der Waals surface area (Å²) in [5.74, 6) is 0.541. The monoisotopic (exact) mass is 425 g/mol. The van der Waals surface area contributed by atoms with Gasteiger partial charge < -0.3 is 15.2 Å². The van der Waals surface area contributed by atoms with Crippen molar-refractivity contribution >= 4 is 24.6 Å². The zero-order chi connectivity index (χ0) is 21.4. The molecule has 162 valence electrons. The Balaban J connectivity index is 1.81. The van der Waals surface area contributed by atoms with Crippen LogP contribution in [-0.4, -0.2) is 35.7 Å². The van der Waals surface area contributed by atoms with Crippen LogP contribution in [0.2, 0.25) is 0 Å². The van der Waals surface area contributed by atoms with E-state index < -0.39 is 18.9 Å². The van der Waals surface area contributed by atoms with Gasteiger partial charge in [-0.1, -0.05) is 41.0 Å². The molecule has 1 aliphatic carbocycles. The normalized spacial score (nSPS) is 24.0. The summed E-state index contributed by atoms with van der Waals surface area (Å²) in [5, 5.41) is 0. The van der Waals surface area contributed by atoms with Crippen molar-refractivity contribution in [1.29, 1.82) is 0 Å². The molecule has 10 heteroatoms. The summed E-state index contributed by atoms with van der Waals surface area (Å²) in [5.41, 5.74) is 5.84. The molecule has 0 aliphatic heterocycles. The molecule has 0 radical (unpaired) electrons. The van der Waals surface area contributed by atoms with Crippen LogP contribution in [0.1, 0.15) is 53.9 Å². The van der Waals surface area contributed by atoms with Crippen LogP contribution in [-0.2, 0) is 20.7 Å². The maximum Gasteiger partial charge on any atom is 0.359 e. The predicted octanol–water partition coefficient (Wildman–Crippen LogP) is 3.78. The molecule has 0 bridgehead atoms. The quantitative estimate of drug-likeness (QED) is 0.335. The number of nitrogens with zero attached hydrogens (tertiary/aromatic N) is 4. The van der Waals surface area contributed by atoms with Crippen LogP contribution in [0, 0.1) is 17.8 Å². The molecule has 2 heterocycles. The Morgan fingerprint density at radius 3 is 2.62 bits per heavy atom. The summed E-state index contributed by atoms with van der Waals surface area (Å²) >= 11 is 0. The third-order valence-electron chi connectivity index (χ3n) is 5.73. The van der Waals surface area contributed by atoms with E-state index in [1.165, 1.54) is 6.33 Å². The second kappa shape index (κ2) is 8.30. The van der Waals surface area contributed by atoms with Gasteiger partial charge in [-0.25, -0.2) is 19.8 Å². The molecule has 2 aromatic heterocycles. The van der Waals surface area contributed by atoms with Gasteiger partial charge in [0.05, 0.1) is 18.5 Å². The Kier molecular flexibility index (Phi) is 6.34. The minimum atomic E-state index is -3.96. The van der Waals surface area contributed by atoms with Crippen LogP contribution >= 0.6 is 7.60 Å². The van der Waals surface area contributed by atoms with Crippen LogP contribution in [0.5, 0.6) is 0 Å². The minimum Gasteiger partial charge on any atom is -0.382 e. The number of hydrogen-bond acceptors (Lipinski definition) is 7. The van der Waals surface area contributed by atoms with Gasteiger partial charge in [-0.05, 0) is 30.6 Å². The highest BCUT2D eigenvalue weighted by molar-refractivity contribution is 7.53. The van der Waals surface area contributed by atoms with E-state index in [1.54, 1.807) is 6.33 Å². The third kappa shape index (κ3) is 4.48. The van der Waals surface area contributed by atoms with E-state index in [-0.39, 0.29) is 17.8 Å². The minimum absolute atomic E-state index is 0.00621. The molecule has 1 saturated carbocycles. The first-order valence-electron chi connectivity index (χ1n) is 10.2. The lowest BCUT2D eigenvalue weighted by molar-refractivity contribution is -0.272. The Bertz CT molecular complexity index is 894. The summed E-state index contributed by atoms with van der Waals surface area (Å²) in [6.45, 7) is 10.2. The summed E-state index contributed by atoms with van der Waals surface area (Å²) < 4.78 is 20.1. The van der Waals surface area contributed by atoms with E-state index in [2.05, 4.69) is 21.9 Å². The fourth-order valence-electron chi connectivity index (χ4n) is 4.40. The molecule has 9 nitrogen and oxygen atoms in total. The molecule has 3 N–H and O–H groups in total. The Morgan fingerprint density at radius 1 is 1.31 bits per heavy atom. The van der Waals surface area contributed by atoms with Crippen molar-refractivity contribution in [2.24, 2.45) is 17.8 Å². The Hall–Kier alpha value is -1.54. The van der Waals surface area contributed by atoms with Crippen LogP contribution in [0.25, 0.3) is 11.2 Å². The number of rotatable bonds is 10. The molecule has 1 aliphatic rings. The second-order valence-corrected chi connectivity index (χ2v) is 10.6. The molecule has 0 amide bonds. The molecule has 0 spiro atoms. The van der Waals surface area contributed by atoms with E-state index >= 15 is 0 Å². The number of fused-ring (bicyclic) bond motifs is 1. The van der Waals surface area contributed by atoms with Crippen LogP contribution in [0.15, 0.2) is 12.7 Å². The molecular formula is C19H32N5O4P. The van der Waals surface area contributed by atoms with Crippen LogP contribution < -0.4 is 5.73 Å². The molecule has 1 fully saturated rings. The number of anilines is 1. The highest BCUT2D eigenvalue weighted by Gasteiger charge is 2.58. The number of imidazole rings is 1. The number of nitrogens with two attached hydrogens (primary N) is 1. The molecular weight excluding hydrogens is 393 g/mol. The molecule has 2 aromatic rings. The van der Waals surface area contributed by atoms with Crippen molar-refractivity contribution in [2.45, 2.75) is 71.7 Å².